The minimum absolute atomic E-state index is 0.215. The Morgan fingerprint density at radius 1 is 1.35 bits per heavy atom. The van der Waals surface area contributed by atoms with Crippen LogP contribution in [0.25, 0.3) is 11.0 Å². The summed E-state index contributed by atoms with van der Waals surface area (Å²) in [6.07, 6.45) is 7.33. The monoisotopic (exact) mass is 333 g/mol. The fraction of sp³-hybridized carbons (Fsp3) is 0.625. The van der Waals surface area contributed by atoms with Crippen molar-refractivity contribution < 1.29 is 5.11 Å². The van der Waals surface area contributed by atoms with Gasteiger partial charge in [-0.05, 0) is 12.8 Å². The number of thioether (sulfide) groups is 1. The van der Waals surface area contributed by atoms with Crippen LogP contribution in [0.1, 0.15) is 24.8 Å². The molecule has 6 nitrogen and oxygen atoms in total. The van der Waals surface area contributed by atoms with Crippen molar-refractivity contribution in [2.45, 2.75) is 37.2 Å². The predicted octanol–water partition coefficient (Wildman–Crippen LogP) is 1.62. The van der Waals surface area contributed by atoms with Gasteiger partial charge in [0, 0.05) is 48.3 Å². The molecular formula is C16H23N5OS. The third-order valence-corrected chi connectivity index (χ3v) is 6.61. The molecule has 4 rings (SSSR count). The number of aliphatic hydroxyl groups excluding tert-OH is 1. The summed E-state index contributed by atoms with van der Waals surface area (Å²) in [7, 11) is 0. The van der Waals surface area contributed by atoms with Gasteiger partial charge in [-0.1, -0.05) is 6.42 Å². The number of anilines is 1. The van der Waals surface area contributed by atoms with Crippen LogP contribution in [0.5, 0.6) is 0 Å². The average Bonchev–Trinajstić information content (AvgIpc) is 3.03. The molecular weight excluding hydrogens is 310 g/mol. The number of H-pyrrole nitrogens is 1. The molecule has 1 aliphatic heterocycles. The van der Waals surface area contributed by atoms with Gasteiger partial charge < -0.3 is 15.8 Å². The third-order valence-electron chi connectivity index (χ3n) is 5.05. The lowest BCUT2D eigenvalue weighted by atomic mass is 10.00. The highest BCUT2D eigenvalue weighted by Gasteiger charge is 2.32. The molecule has 2 aliphatic rings. The summed E-state index contributed by atoms with van der Waals surface area (Å²) in [5, 5.41) is 11.2. The van der Waals surface area contributed by atoms with Gasteiger partial charge >= 0.3 is 0 Å². The van der Waals surface area contributed by atoms with Crippen LogP contribution in [0.15, 0.2) is 12.5 Å². The number of likely N-dealkylation sites (tertiary alicyclic amines) is 1. The first-order valence-electron chi connectivity index (χ1n) is 8.29. The number of hydrogen-bond donors (Lipinski definition) is 3. The molecule has 0 aromatic carbocycles. The molecule has 0 spiro atoms. The summed E-state index contributed by atoms with van der Waals surface area (Å²) in [4.78, 5) is 13.8. The predicted molar refractivity (Wildman–Crippen MR) is 93.2 cm³/mol. The van der Waals surface area contributed by atoms with Crippen molar-refractivity contribution in [3.05, 3.63) is 18.1 Å². The zero-order valence-electron chi connectivity index (χ0n) is 13.1. The molecule has 0 bridgehead atoms. The van der Waals surface area contributed by atoms with Gasteiger partial charge in [-0.25, -0.2) is 9.97 Å². The van der Waals surface area contributed by atoms with Crippen LogP contribution in [-0.2, 0) is 6.54 Å². The van der Waals surface area contributed by atoms with Crippen LogP contribution in [0.3, 0.4) is 0 Å². The van der Waals surface area contributed by atoms with Crippen LogP contribution in [0.4, 0.5) is 5.82 Å². The second-order valence-electron chi connectivity index (χ2n) is 6.70. The summed E-state index contributed by atoms with van der Waals surface area (Å²) >= 11 is 2.05. The first kappa shape index (κ1) is 15.2. The van der Waals surface area contributed by atoms with E-state index in [0.29, 0.717) is 11.7 Å². The van der Waals surface area contributed by atoms with Crippen molar-refractivity contribution in [3.63, 3.8) is 0 Å². The van der Waals surface area contributed by atoms with Crippen molar-refractivity contribution in [1.82, 2.24) is 19.9 Å². The van der Waals surface area contributed by atoms with E-state index in [0.717, 1.165) is 47.2 Å². The number of nitrogens with two attached hydrogens (primary N) is 1. The number of rotatable bonds is 5. The molecule has 1 saturated heterocycles. The lowest BCUT2D eigenvalue weighted by Gasteiger charge is -2.26. The quantitative estimate of drug-likeness (QED) is 0.770. The highest BCUT2D eigenvalue weighted by Crippen LogP contribution is 2.34. The van der Waals surface area contributed by atoms with Crippen molar-refractivity contribution >= 4 is 28.6 Å². The summed E-state index contributed by atoms with van der Waals surface area (Å²) < 4.78 is 0. The van der Waals surface area contributed by atoms with Gasteiger partial charge in [0.1, 0.15) is 11.8 Å². The highest BCUT2D eigenvalue weighted by atomic mass is 32.2. The Hall–Kier alpha value is -1.31. The maximum absolute atomic E-state index is 10.3. The minimum Gasteiger partial charge on any atom is -0.391 e. The Balaban J connectivity index is 1.39. The molecule has 2 fully saturated rings. The normalized spacial score (nSPS) is 26.0. The van der Waals surface area contributed by atoms with Crippen molar-refractivity contribution in [2.75, 3.05) is 24.6 Å². The number of aromatic nitrogens is 3. The molecule has 2 aromatic rings. The number of nitrogens with one attached hydrogen (secondary N) is 1. The number of hydrogen-bond acceptors (Lipinski definition) is 6. The smallest absolute Gasteiger partial charge is 0.151 e. The standard InChI is InChI=1S/C16H23N5OS/c17-16-15-14(19-9-20-16)10(4-18-15)5-21-6-11(13(22)7-21)8-23-12-2-1-3-12/h4,9,11-13,18,22H,1-3,5-8H2,(H2,17,19,20)/t11?,13-/m1/s1. The fourth-order valence-electron chi connectivity index (χ4n) is 3.41. The fourth-order valence-corrected chi connectivity index (χ4v) is 4.92. The van der Waals surface area contributed by atoms with Gasteiger partial charge in [-0.2, -0.15) is 11.8 Å². The van der Waals surface area contributed by atoms with E-state index in [4.69, 9.17) is 5.73 Å². The molecule has 4 N–H and O–H groups in total. The second kappa shape index (κ2) is 6.30. The molecule has 124 valence electrons. The van der Waals surface area contributed by atoms with E-state index in [1.165, 1.54) is 25.6 Å². The molecule has 0 radical (unpaired) electrons. The number of nitrogens with zero attached hydrogens (tertiary/aromatic N) is 3. The Labute approximate surface area is 139 Å². The Morgan fingerprint density at radius 2 is 2.22 bits per heavy atom. The number of fused-ring (bicyclic) bond motifs is 1. The Bertz CT molecular complexity index is 686. The van der Waals surface area contributed by atoms with E-state index in [1.807, 2.05) is 18.0 Å². The van der Waals surface area contributed by atoms with Gasteiger partial charge in [0.15, 0.2) is 5.82 Å². The lowest BCUT2D eigenvalue weighted by Crippen LogP contribution is -2.23. The first-order valence-corrected chi connectivity index (χ1v) is 9.34. The lowest BCUT2D eigenvalue weighted by molar-refractivity contribution is 0.149. The van der Waals surface area contributed by atoms with E-state index < -0.39 is 0 Å². The molecule has 1 unspecified atom stereocenters. The topological polar surface area (TPSA) is 91.1 Å². The number of aliphatic hydroxyl groups is 1. The van der Waals surface area contributed by atoms with E-state index in [1.54, 1.807) is 0 Å². The largest absolute Gasteiger partial charge is 0.391 e. The van der Waals surface area contributed by atoms with E-state index in [-0.39, 0.29) is 6.10 Å². The maximum atomic E-state index is 10.3. The number of β-amino-alcohol motifs (C(OH)–C–C–N with tert-alkyl or cyclic N) is 1. The molecule has 7 heteroatoms. The maximum Gasteiger partial charge on any atom is 0.151 e. The van der Waals surface area contributed by atoms with E-state index in [2.05, 4.69) is 19.9 Å². The van der Waals surface area contributed by atoms with E-state index in [9.17, 15) is 5.11 Å². The zero-order valence-corrected chi connectivity index (χ0v) is 13.9. The second-order valence-corrected chi connectivity index (χ2v) is 8.04. The van der Waals surface area contributed by atoms with Crippen molar-refractivity contribution in [3.8, 4) is 0 Å². The molecule has 3 heterocycles. The average molecular weight is 333 g/mol. The van der Waals surface area contributed by atoms with E-state index >= 15 is 0 Å². The van der Waals surface area contributed by atoms with Gasteiger partial charge in [0.2, 0.25) is 0 Å². The molecule has 1 saturated carbocycles. The zero-order chi connectivity index (χ0) is 15.8. The van der Waals surface area contributed by atoms with Crippen molar-refractivity contribution in [2.24, 2.45) is 5.92 Å². The molecule has 23 heavy (non-hydrogen) atoms. The molecule has 0 amide bonds. The SMILES string of the molecule is Nc1ncnc2c(CN3CC(CSC4CCC4)[C@H](O)C3)c[nH]c12. The summed E-state index contributed by atoms with van der Waals surface area (Å²) in [6, 6.07) is 0. The van der Waals surface area contributed by atoms with Crippen LogP contribution in [0.2, 0.25) is 0 Å². The Kier molecular flexibility index (Phi) is 4.17. The Morgan fingerprint density at radius 3 is 3.00 bits per heavy atom. The summed E-state index contributed by atoms with van der Waals surface area (Å²) in [5.74, 6) is 1.94. The van der Waals surface area contributed by atoms with Crippen LogP contribution >= 0.6 is 11.8 Å². The van der Waals surface area contributed by atoms with Crippen LogP contribution in [-0.4, -0.2) is 55.2 Å². The first-order chi connectivity index (χ1) is 11.2. The molecule has 2 atom stereocenters. The third kappa shape index (κ3) is 3.05. The molecule has 2 aromatic heterocycles. The summed E-state index contributed by atoms with van der Waals surface area (Å²) in [5.41, 5.74) is 8.68. The number of nitrogen functional groups attached to an aromatic ring is 1. The minimum atomic E-state index is -0.215. The van der Waals surface area contributed by atoms with Gasteiger partial charge in [0.05, 0.1) is 11.6 Å². The summed E-state index contributed by atoms with van der Waals surface area (Å²) in [6.45, 7) is 2.48. The number of aromatic amines is 1. The van der Waals surface area contributed by atoms with Gasteiger partial charge in [-0.15, -0.1) is 0 Å². The van der Waals surface area contributed by atoms with Crippen LogP contribution in [0, 0.1) is 5.92 Å². The van der Waals surface area contributed by atoms with Crippen LogP contribution < -0.4 is 5.73 Å². The highest BCUT2D eigenvalue weighted by molar-refractivity contribution is 7.99. The van der Waals surface area contributed by atoms with Gasteiger partial charge in [-0.3, -0.25) is 4.90 Å². The van der Waals surface area contributed by atoms with Crippen molar-refractivity contribution in [1.29, 1.82) is 0 Å². The molecule has 1 aliphatic carbocycles. The van der Waals surface area contributed by atoms with Gasteiger partial charge in [0.25, 0.3) is 0 Å².